The van der Waals surface area contributed by atoms with Crippen molar-refractivity contribution in [2.24, 2.45) is 4.99 Å². The molecule has 6 nitrogen and oxygen atoms in total. The minimum absolute atomic E-state index is 0.00581. The van der Waals surface area contributed by atoms with Crippen LogP contribution in [0.25, 0.3) is 6.08 Å². The zero-order valence-electron chi connectivity index (χ0n) is 18.0. The van der Waals surface area contributed by atoms with Gasteiger partial charge in [0.05, 0.1) is 17.5 Å². The number of carbonyl (C=O) groups is 2. The number of anilines is 1. The van der Waals surface area contributed by atoms with E-state index in [4.69, 9.17) is 0 Å². The van der Waals surface area contributed by atoms with Crippen molar-refractivity contribution < 1.29 is 14.0 Å². The molecule has 0 saturated heterocycles. The van der Waals surface area contributed by atoms with E-state index < -0.39 is 11.4 Å². The van der Waals surface area contributed by atoms with Crippen molar-refractivity contribution in [1.82, 2.24) is 5.32 Å². The van der Waals surface area contributed by atoms with Crippen LogP contribution in [-0.2, 0) is 9.59 Å². The molecular weight excluding hydrogens is 439 g/mol. The topological polar surface area (TPSA) is 85.6 Å². The standard InChI is InChI=1S/C25H23FN4O2S/c26-19-9-11-20(12-10-19)30-23(32)21(15-18-7-3-1-4-8-18)28-24(30)33-16-22(31)29-25(17-27)13-5-2-6-14-25/h1,3-4,7-12,15H,2,5-6,13-14,16H2,(H,29,31)/b21-15-. The minimum Gasteiger partial charge on any atom is -0.337 e. The summed E-state index contributed by atoms with van der Waals surface area (Å²) in [7, 11) is 0. The van der Waals surface area contributed by atoms with Gasteiger partial charge in [-0.25, -0.2) is 9.38 Å². The molecule has 0 radical (unpaired) electrons. The fourth-order valence-corrected chi connectivity index (χ4v) is 4.78. The van der Waals surface area contributed by atoms with Crippen LogP contribution in [-0.4, -0.2) is 28.3 Å². The van der Waals surface area contributed by atoms with E-state index in [0.717, 1.165) is 36.6 Å². The first-order chi connectivity index (χ1) is 16.0. The summed E-state index contributed by atoms with van der Waals surface area (Å²) >= 11 is 1.11. The number of amidine groups is 1. The van der Waals surface area contributed by atoms with E-state index in [1.54, 1.807) is 6.08 Å². The van der Waals surface area contributed by atoms with Crippen LogP contribution in [0.4, 0.5) is 10.1 Å². The third-order valence-corrected chi connectivity index (χ3v) is 6.59. The maximum absolute atomic E-state index is 13.4. The molecule has 168 valence electrons. The van der Waals surface area contributed by atoms with E-state index in [2.05, 4.69) is 16.4 Å². The molecule has 2 aliphatic rings. The first kappa shape index (κ1) is 22.7. The van der Waals surface area contributed by atoms with Gasteiger partial charge in [0.25, 0.3) is 5.91 Å². The summed E-state index contributed by atoms with van der Waals surface area (Å²) in [5.74, 6) is -1.04. The Morgan fingerprint density at radius 2 is 1.85 bits per heavy atom. The SMILES string of the molecule is N#CC1(NC(=O)CSC2=N/C(=C\c3ccccc3)C(=O)N2c2ccc(F)cc2)CCCCC1. The summed E-state index contributed by atoms with van der Waals surface area (Å²) in [6.45, 7) is 0. The van der Waals surface area contributed by atoms with Crippen molar-refractivity contribution in [3.63, 3.8) is 0 Å². The normalized spacial score (nSPS) is 18.7. The summed E-state index contributed by atoms with van der Waals surface area (Å²) in [4.78, 5) is 31.7. The number of nitrogens with one attached hydrogen (secondary N) is 1. The number of nitrogens with zero attached hydrogens (tertiary/aromatic N) is 3. The number of nitriles is 1. The number of benzene rings is 2. The Bertz CT molecular complexity index is 1130. The Morgan fingerprint density at radius 1 is 1.15 bits per heavy atom. The van der Waals surface area contributed by atoms with E-state index in [0.29, 0.717) is 23.7 Å². The van der Waals surface area contributed by atoms with Gasteiger partial charge in [0, 0.05) is 0 Å². The van der Waals surface area contributed by atoms with Crippen LogP contribution in [0.2, 0.25) is 0 Å². The van der Waals surface area contributed by atoms with Gasteiger partial charge in [0.15, 0.2) is 5.17 Å². The van der Waals surface area contributed by atoms with Crippen molar-refractivity contribution in [3.8, 4) is 6.07 Å². The number of hydrogen-bond acceptors (Lipinski definition) is 5. The quantitative estimate of drug-likeness (QED) is 0.656. The highest BCUT2D eigenvalue weighted by Gasteiger charge is 2.35. The second-order valence-corrected chi connectivity index (χ2v) is 8.99. The molecule has 1 aliphatic carbocycles. The first-order valence-corrected chi connectivity index (χ1v) is 11.8. The van der Waals surface area contributed by atoms with E-state index in [1.165, 1.54) is 29.2 Å². The molecule has 4 rings (SSSR count). The predicted molar refractivity (Wildman–Crippen MR) is 128 cm³/mol. The summed E-state index contributed by atoms with van der Waals surface area (Å²) in [6.07, 6.45) is 5.85. The molecule has 0 spiro atoms. The van der Waals surface area contributed by atoms with Crippen LogP contribution in [0.3, 0.4) is 0 Å². The smallest absolute Gasteiger partial charge is 0.283 e. The molecule has 33 heavy (non-hydrogen) atoms. The fourth-order valence-electron chi connectivity index (χ4n) is 3.97. The van der Waals surface area contributed by atoms with Gasteiger partial charge in [-0.05, 0) is 48.7 Å². The van der Waals surface area contributed by atoms with Gasteiger partial charge in [0.2, 0.25) is 5.91 Å². The zero-order chi connectivity index (χ0) is 23.3. The Hall–Kier alpha value is -3.44. The fraction of sp³-hybridized carbons (Fsp3) is 0.280. The lowest BCUT2D eigenvalue weighted by Crippen LogP contribution is -2.49. The maximum atomic E-state index is 13.4. The van der Waals surface area contributed by atoms with Crippen molar-refractivity contribution in [3.05, 3.63) is 71.7 Å². The van der Waals surface area contributed by atoms with Gasteiger partial charge in [-0.15, -0.1) is 0 Å². The van der Waals surface area contributed by atoms with Gasteiger partial charge in [0.1, 0.15) is 17.1 Å². The summed E-state index contributed by atoms with van der Waals surface area (Å²) in [5, 5.41) is 12.8. The van der Waals surface area contributed by atoms with Gasteiger partial charge >= 0.3 is 0 Å². The maximum Gasteiger partial charge on any atom is 0.283 e. The second-order valence-electron chi connectivity index (χ2n) is 8.04. The van der Waals surface area contributed by atoms with Crippen LogP contribution in [0.15, 0.2) is 65.3 Å². The average molecular weight is 463 g/mol. The summed E-state index contributed by atoms with van der Waals surface area (Å²) in [5.41, 5.74) is 0.693. The summed E-state index contributed by atoms with van der Waals surface area (Å²) < 4.78 is 13.4. The number of carbonyl (C=O) groups excluding carboxylic acids is 2. The predicted octanol–water partition coefficient (Wildman–Crippen LogP) is 4.65. The number of amides is 2. The van der Waals surface area contributed by atoms with Gasteiger partial charge in [-0.2, -0.15) is 5.26 Å². The van der Waals surface area contributed by atoms with E-state index >= 15 is 0 Å². The van der Waals surface area contributed by atoms with Crippen molar-refractivity contribution >= 4 is 40.5 Å². The first-order valence-electron chi connectivity index (χ1n) is 10.8. The number of thioether (sulfide) groups is 1. The lowest BCUT2D eigenvalue weighted by Gasteiger charge is -2.31. The van der Waals surface area contributed by atoms with Crippen LogP contribution in [0.5, 0.6) is 0 Å². The molecule has 1 fully saturated rings. The number of halogens is 1. The minimum atomic E-state index is -0.821. The molecule has 2 amide bonds. The number of aliphatic imine (C=N–C) groups is 1. The van der Waals surface area contributed by atoms with E-state index in [-0.39, 0.29) is 23.3 Å². The Kier molecular flexibility index (Phi) is 6.90. The van der Waals surface area contributed by atoms with Crippen LogP contribution in [0.1, 0.15) is 37.7 Å². The van der Waals surface area contributed by atoms with Crippen LogP contribution >= 0.6 is 11.8 Å². The van der Waals surface area contributed by atoms with Crippen molar-refractivity contribution in [2.45, 2.75) is 37.6 Å². The van der Waals surface area contributed by atoms with Crippen LogP contribution < -0.4 is 10.2 Å². The van der Waals surface area contributed by atoms with E-state index in [9.17, 15) is 19.2 Å². The molecule has 1 aliphatic heterocycles. The largest absolute Gasteiger partial charge is 0.337 e. The molecular formula is C25H23FN4O2S. The van der Waals surface area contributed by atoms with Gasteiger partial charge in [-0.3, -0.25) is 14.5 Å². The highest BCUT2D eigenvalue weighted by molar-refractivity contribution is 8.14. The molecule has 2 aromatic rings. The molecule has 0 atom stereocenters. The average Bonchev–Trinajstić information content (AvgIpc) is 3.14. The molecule has 0 unspecified atom stereocenters. The van der Waals surface area contributed by atoms with Gasteiger partial charge in [-0.1, -0.05) is 61.4 Å². The van der Waals surface area contributed by atoms with Crippen molar-refractivity contribution in [2.75, 3.05) is 10.7 Å². The third-order valence-electron chi connectivity index (χ3n) is 5.65. The Balaban J connectivity index is 1.54. The molecule has 0 bridgehead atoms. The third kappa shape index (κ3) is 5.32. The Morgan fingerprint density at radius 3 is 2.52 bits per heavy atom. The molecule has 1 N–H and O–H groups in total. The molecule has 8 heteroatoms. The lowest BCUT2D eigenvalue weighted by atomic mass is 9.83. The molecule has 1 saturated carbocycles. The number of hydrogen-bond donors (Lipinski definition) is 1. The molecule has 2 aromatic carbocycles. The highest BCUT2D eigenvalue weighted by Crippen LogP contribution is 2.31. The van der Waals surface area contributed by atoms with Crippen LogP contribution in [0, 0.1) is 17.1 Å². The number of rotatable bonds is 5. The van der Waals surface area contributed by atoms with E-state index in [1.807, 2.05) is 30.3 Å². The van der Waals surface area contributed by atoms with Gasteiger partial charge < -0.3 is 5.32 Å². The molecule has 1 heterocycles. The monoisotopic (exact) mass is 462 g/mol. The highest BCUT2D eigenvalue weighted by atomic mass is 32.2. The molecule has 0 aromatic heterocycles. The Labute approximate surface area is 196 Å². The zero-order valence-corrected chi connectivity index (χ0v) is 18.8. The second kappa shape index (κ2) is 10.0. The summed E-state index contributed by atoms with van der Waals surface area (Å²) in [6, 6.07) is 17.2. The van der Waals surface area contributed by atoms with Crippen molar-refractivity contribution in [1.29, 1.82) is 5.26 Å². The lowest BCUT2D eigenvalue weighted by molar-refractivity contribution is -0.120.